The second-order valence-electron chi connectivity index (χ2n) is 26.0. The molecule has 1 atom stereocenters. The lowest BCUT2D eigenvalue weighted by atomic mass is 9.78. The topological polar surface area (TPSA) is 6.48 Å². The second kappa shape index (κ2) is 19.8. The number of benzene rings is 11. The highest BCUT2D eigenvalue weighted by molar-refractivity contribution is 5.95. The predicted octanol–water partition coefficient (Wildman–Crippen LogP) is 22.7. The first kappa shape index (κ1) is 52.3. The van der Waals surface area contributed by atoms with E-state index < -0.39 is 0 Å². The largest absolute Gasteiger partial charge is 0.310 e. The van der Waals surface area contributed by atoms with E-state index in [1.807, 2.05) is 0 Å². The number of anilines is 6. The summed E-state index contributed by atoms with van der Waals surface area (Å²) in [5, 5.41) is 4.97. The highest BCUT2D eigenvalue weighted by Gasteiger charge is 2.41. The highest BCUT2D eigenvalue weighted by Crippen LogP contribution is 2.55. The van der Waals surface area contributed by atoms with Crippen molar-refractivity contribution in [1.29, 1.82) is 0 Å². The first-order valence-corrected chi connectivity index (χ1v) is 30.4. The average molecular weight is 1100 g/mol. The number of hydrogen-bond acceptors (Lipinski definition) is 2. The highest BCUT2D eigenvalue weighted by atomic mass is 15.1. The number of nitrogens with zero attached hydrogens (tertiary/aromatic N) is 2. The lowest BCUT2D eigenvalue weighted by Gasteiger charge is -2.29. The number of allylic oxidation sites excluding steroid dienone is 5. The zero-order valence-corrected chi connectivity index (χ0v) is 50.0. The third-order valence-electron chi connectivity index (χ3n) is 19.3. The standard InChI is InChI=1S/C83H70N2/c1-53-15-13-21-63(43-53)84(65-33-31-59-17-9-11-19-61(59)49-65)67-35-41-73-71-39-29-57(47-77(71)82(5,6)79(73)51-67)25-23-55-27-37-69-70-38-28-56(46-76(70)81(3,4)75(69)45-55)24-26-58-30-40-72-74-42-36-68(52-80(74)83(7,8)78(72)48-58)85(64-22-14-16-54(2)44-64)66-34-32-60-18-10-12-20-62(60)50-66/h9-29,31-52,58H,30H2,1-8H3/b25-23+,26-24+. The Bertz CT molecular complexity index is 4700. The van der Waals surface area contributed by atoms with Crippen LogP contribution >= 0.6 is 0 Å². The minimum Gasteiger partial charge on any atom is -0.310 e. The molecule has 412 valence electrons. The molecule has 0 heterocycles. The van der Waals surface area contributed by atoms with E-state index in [2.05, 4.69) is 326 Å². The summed E-state index contributed by atoms with van der Waals surface area (Å²) in [5.74, 6) is 0.308. The molecule has 2 nitrogen and oxygen atoms in total. The summed E-state index contributed by atoms with van der Waals surface area (Å²) in [6, 6.07) is 84.2. The molecule has 0 aromatic heterocycles. The zero-order valence-electron chi connectivity index (χ0n) is 50.0. The monoisotopic (exact) mass is 1090 g/mol. The third-order valence-corrected chi connectivity index (χ3v) is 19.3. The van der Waals surface area contributed by atoms with Crippen LogP contribution in [-0.2, 0) is 16.2 Å². The number of aryl methyl sites for hydroxylation is 2. The normalized spacial score (nSPS) is 16.4. The predicted molar refractivity (Wildman–Crippen MR) is 363 cm³/mol. The molecule has 0 saturated heterocycles. The Kier molecular flexibility index (Phi) is 12.2. The van der Waals surface area contributed by atoms with E-state index in [9.17, 15) is 0 Å². The van der Waals surface area contributed by atoms with Crippen LogP contribution in [0.5, 0.6) is 0 Å². The lowest BCUT2D eigenvalue weighted by Crippen LogP contribution is -2.18. The maximum atomic E-state index is 2.56. The van der Waals surface area contributed by atoms with Crippen molar-refractivity contribution in [2.45, 2.75) is 78.1 Å². The summed E-state index contributed by atoms with van der Waals surface area (Å²) in [7, 11) is 0. The van der Waals surface area contributed by atoms with Crippen LogP contribution in [0, 0.1) is 19.8 Å². The van der Waals surface area contributed by atoms with Gasteiger partial charge in [-0.2, -0.15) is 0 Å². The Morgan fingerprint density at radius 2 is 0.729 bits per heavy atom. The van der Waals surface area contributed by atoms with Crippen LogP contribution in [0.1, 0.15) is 109 Å². The first-order valence-electron chi connectivity index (χ1n) is 30.4. The summed E-state index contributed by atoms with van der Waals surface area (Å²) < 4.78 is 0. The van der Waals surface area contributed by atoms with Crippen molar-refractivity contribution >= 4 is 79.5 Å². The maximum Gasteiger partial charge on any atom is 0.0468 e. The molecule has 11 aromatic rings. The van der Waals surface area contributed by atoms with Gasteiger partial charge in [0.25, 0.3) is 0 Å². The molecular formula is C83H70N2. The molecule has 0 fully saturated rings. The van der Waals surface area contributed by atoms with Gasteiger partial charge in [-0.15, -0.1) is 0 Å². The van der Waals surface area contributed by atoms with Gasteiger partial charge in [0.2, 0.25) is 0 Å². The van der Waals surface area contributed by atoms with Gasteiger partial charge in [0.1, 0.15) is 0 Å². The molecule has 2 heteroatoms. The quantitative estimate of drug-likeness (QED) is 0.126. The molecule has 0 aliphatic heterocycles. The van der Waals surface area contributed by atoms with Crippen LogP contribution in [0.3, 0.4) is 0 Å². The average Bonchev–Trinajstić information content (AvgIpc) is 1.72. The minimum atomic E-state index is -0.186. The molecule has 4 aliphatic rings. The molecule has 0 spiro atoms. The molecule has 0 N–H and O–H groups in total. The van der Waals surface area contributed by atoms with Crippen LogP contribution in [0.25, 0.3) is 67.6 Å². The summed E-state index contributed by atoms with van der Waals surface area (Å²) in [6.07, 6.45) is 15.5. The Morgan fingerprint density at radius 1 is 0.341 bits per heavy atom. The fraction of sp³-hybridized carbons (Fsp3) is 0.157. The molecule has 85 heavy (non-hydrogen) atoms. The molecule has 0 bridgehead atoms. The fourth-order valence-corrected chi connectivity index (χ4v) is 14.7. The Morgan fingerprint density at radius 3 is 1.21 bits per heavy atom. The molecule has 0 radical (unpaired) electrons. The van der Waals surface area contributed by atoms with Gasteiger partial charge in [0, 0.05) is 50.4 Å². The van der Waals surface area contributed by atoms with Crippen LogP contribution in [0.15, 0.2) is 248 Å². The van der Waals surface area contributed by atoms with Crippen molar-refractivity contribution in [3.8, 4) is 22.3 Å². The first-order chi connectivity index (χ1) is 41.1. The molecule has 1 unspecified atom stereocenters. The summed E-state index contributed by atoms with van der Waals surface area (Å²) in [6.45, 7) is 18.8. The molecule has 15 rings (SSSR count). The van der Waals surface area contributed by atoms with E-state index in [0.717, 1.165) is 23.5 Å². The van der Waals surface area contributed by atoms with E-state index >= 15 is 0 Å². The van der Waals surface area contributed by atoms with Crippen molar-refractivity contribution in [3.63, 3.8) is 0 Å². The zero-order chi connectivity index (χ0) is 57.9. The van der Waals surface area contributed by atoms with Gasteiger partial charge in [0.05, 0.1) is 0 Å². The van der Waals surface area contributed by atoms with E-state index in [0.29, 0.717) is 5.92 Å². The number of fused-ring (bicyclic) bond motifs is 11. The van der Waals surface area contributed by atoms with E-state index in [1.165, 1.54) is 133 Å². The molecular weight excluding hydrogens is 1020 g/mol. The van der Waals surface area contributed by atoms with Gasteiger partial charge < -0.3 is 9.80 Å². The smallest absolute Gasteiger partial charge is 0.0468 e. The van der Waals surface area contributed by atoms with Gasteiger partial charge in [-0.1, -0.05) is 230 Å². The summed E-state index contributed by atoms with van der Waals surface area (Å²) in [5.41, 5.74) is 29.1. The number of hydrogen-bond donors (Lipinski definition) is 0. The van der Waals surface area contributed by atoms with Gasteiger partial charge in [-0.05, 0) is 215 Å². The lowest BCUT2D eigenvalue weighted by molar-refractivity contribution is 0.645. The van der Waals surface area contributed by atoms with E-state index in [1.54, 1.807) is 0 Å². The van der Waals surface area contributed by atoms with Crippen molar-refractivity contribution in [2.75, 3.05) is 9.80 Å². The van der Waals surface area contributed by atoms with Crippen LogP contribution in [-0.4, -0.2) is 0 Å². The summed E-state index contributed by atoms with van der Waals surface area (Å²) >= 11 is 0. The van der Waals surface area contributed by atoms with Crippen LogP contribution in [0.4, 0.5) is 34.1 Å². The van der Waals surface area contributed by atoms with Crippen molar-refractivity contribution < 1.29 is 0 Å². The Balaban J connectivity index is 0.660. The molecule has 11 aromatic carbocycles. The molecule has 0 saturated carbocycles. The maximum absolute atomic E-state index is 2.56. The molecule has 0 amide bonds. The van der Waals surface area contributed by atoms with Gasteiger partial charge >= 0.3 is 0 Å². The fourth-order valence-electron chi connectivity index (χ4n) is 14.7. The Labute approximate surface area is 502 Å². The van der Waals surface area contributed by atoms with E-state index in [4.69, 9.17) is 0 Å². The SMILES string of the molecule is Cc1cccc(N(c2ccc3c(c2)C(C)(C)C2=CC(/C=C/c4ccc5c(c4)C(C)(C)c4cc(/C=C/c6ccc7c(c6)C(C)(C)c6cc(N(c8cccc(C)c8)c8ccc9ccccc9c8)ccc6-7)ccc4-5)CC=C23)c2ccc3ccccc3c2)c1. The van der Waals surface area contributed by atoms with Crippen molar-refractivity contribution in [2.24, 2.45) is 5.92 Å². The van der Waals surface area contributed by atoms with E-state index in [-0.39, 0.29) is 16.2 Å². The second-order valence-corrected chi connectivity index (χ2v) is 26.0. The van der Waals surface area contributed by atoms with Crippen LogP contribution < -0.4 is 9.80 Å². The van der Waals surface area contributed by atoms with Crippen molar-refractivity contribution in [1.82, 2.24) is 0 Å². The Hall–Kier alpha value is -9.50. The van der Waals surface area contributed by atoms with Gasteiger partial charge in [-0.25, -0.2) is 0 Å². The third kappa shape index (κ3) is 8.84. The number of rotatable bonds is 10. The molecule has 4 aliphatic carbocycles. The summed E-state index contributed by atoms with van der Waals surface area (Å²) in [4.78, 5) is 4.84. The van der Waals surface area contributed by atoms with Crippen molar-refractivity contribution in [3.05, 3.63) is 309 Å². The van der Waals surface area contributed by atoms with Gasteiger partial charge in [0.15, 0.2) is 0 Å². The minimum absolute atomic E-state index is 0.143. The van der Waals surface area contributed by atoms with Gasteiger partial charge in [-0.3, -0.25) is 0 Å². The van der Waals surface area contributed by atoms with Crippen LogP contribution in [0.2, 0.25) is 0 Å².